The first-order chi connectivity index (χ1) is 10.8. The van der Waals surface area contributed by atoms with E-state index in [1.807, 2.05) is 0 Å². The summed E-state index contributed by atoms with van der Waals surface area (Å²) in [5, 5.41) is 9.00. The molecule has 0 fully saturated rings. The molecule has 0 amide bonds. The molecule has 1 aromatic heterocycles. The van der Waals surface area contributed by atoms with Gasteiger partial charge in [0.15, 0.2) is 0 Å². The lowest BCUT2D eigenvalue weighted by Crippen LogP contribution is -2.05. The van der Waals surface area contributed by atoms with Gasteiger partial charge in [-0.25, -0.2) is 9.78 Å². The van der Waals surface area contributed by atoms with Crippen LogP contribution in [-0.4, -0.2) is 20.6 Å². The molecule has 0 radical (unpaired) electrons. The van der Waals surface area contributed by atoms with Gasteiger partial charge < -0.3 is 5.11 Å². The van der Waals surface area contributed by atoms with Gasteiger partial charge in [0.1, 0.15) is 5.82 Å². The summed E-state index contributed by atoms with van der Waals surface area (Å²) in [5.74, 6) is -0.504. The highest BCUT2D eigenvalue weighted by Gasteiger charge is 2.30. The normalized spacial score (nSPS) is 11.8. The molecule has 0 unspecified atom stereocenters. The van der Waals surface area contributed by atoms with Crippen LogP contribution in [0.5, 0.6) is 0 Å². The molecule has 3 aromatic rings. The number of halogens is 3. The number of carboxylic acids is 1. The molecular formula is C16H11F3N2O2. The number of fused-ring (bicyclic) bond motifs is 1. The molecule has 0 aliphatic carbocycles. The predicted molar refractivity (Wildman–Crippen MR) is 77.8 cm³/mol. The van der Waals surface area contributed by atoms with E-state index >= 15 is 0 Å². The molecule has 0 saturated carbocycles. The number of imidazole rings is 1. The van der Waals surface area contributed by atoms with Crippen molar-refractivity contribution in [3.8, 4) is 5.69 Å². The average Bonchev–Trinajstić information content (AvgIpc) is 2.81. The van der Waals surface area contributed by atoms with Gasteiger partial charge in [-0.05, 0) is 49.4 Å². The second-order valence-electron chi connectivity index (χ2n) is 5.05. The molecule has 3 rings (SSSR count). The van der Waals surface area contributed by atoms with E-state index in [0.717, 1.165) is 12.1 Å². The van der Waals surface area contributed by atoms with Gasteiger partial charge in [-0.1, -0.05) is 0 Å². The van der Waals surface area contributed by atoms with Crippen LogP contribution in [0.1, 0.15) is 21.7 Å². The van der Waals surface area contributed by atoms with E-state index in [1.165, 1.54) is 24.3 Å². The molecule has 118 valence electrons. The maximum atomic E-state index is 12.6. The summed E-state index contributed by atoms with van der Waals surface area (Å²) in [6.45, 7) is 1.71. The monoisotopic (exact) mass is 320 g/mol. The van der Waals surface area contributed by atoms with Crippen LogP contribution in [0.3, 0.4) is 0 Å². The lowest BCUT2D eigenvalue weighted by Gasteiger charge is -2.10. The van der Waals surface area contributed by atoms with E-state index in [9.17, 15) is 18.0 Å². The minimum atomic E-state index is -4.39. The Morgan fingerprint density at radius 1 is 1.13 bits per heavy atom. The number of aromatic nitrogens is 2. The number of hydrogen-bond acceptors (Lipinski definition) is 2. The lowest BCUT2D eigenvalue weighted by molar-refractivity contribution is -0.137. The largest absolute Gasteiger partial charge is 0.478 e. The van der Waals surface area contributed by atoms with E-state index < -0.39 is 17.7 Å². The first kappa shape index (κ1) is 15.1. The van der Waals surface area contributed by atoms with Gasteiger partial charge >= 0.3 is 12.1 Å². The molecular weight excluding hydrogens is 309 g/mol. The molecule has 23 heavy (non-hydrogen) atoms. The number of benzene rings is 2. The quantitative estimate of drug-likeness (QED) is 0.775. The zero-order chi connectivity index (χ0) is 16.8. The van der Waals surface area contributed by atoms with Crippen molar-refractivity contribution in [3.63, 3.8) is 0 Å². The first-order valence-electron chi connectivity index (χ1n) is 6.67. The summed E-state index contributed by atoms with van der Waals surface area (Å²) in [5.41, 5.74) is 1.02. The van der Waals surface area contributed by atoms with E-state index in [-0.39, 0.29) is 5.56 Å². The van der Waals surface area contributed by atoms with Gasteiger partial charge in [0.05, 0.1) is 22.2 Å². The summed E-state index contributed by atoms with van der Waals surface area (Å²) >= 11 is 0. The summed E-state index contributed by atoms with van der Waals surface area (Å²) in [7, 11) is 0. The SMILES string of the molecule is Cc1nc2cc(C(=O)O)ccc2n1-c1ccc(C(F)(F)F)cc1. The highest BCUT2D eigenvalue weighted by Crippen LogP contribution is 2.30. The number of carboxylic acid groups (broad SMARTS) is 1. The number of aromatic carboxylic acids is 1. The Balaban J connectivity index is 2.12. The minimum absolute atomic E-state index is 0.106. The van der Waals surface area contributed by atoms with Crippen molar-refractivity contribution in [2.24, 2.45) is 0 Å². The summed E-state index contributed by atoms with van der Waals surface area (Å²) < 4.78 is 39.6. The van der Waals surface area contributed by atoms with Crippen LogP contribution in [0, 0.1) is 6.92 Å². The van der Waals surface area contributed by atoms with Gasteiger partial charge in [0.25, 0.3) is 0 Å². The minimum Gasteiger partial charge on any atom is -0.478 e. The predicted octanol–water partition coefficient (Wildman–Crippen LogP) is 4.05. The molecule has 2 aromatic carbocycles. The number of rotatable bonds is 2. The number of nitrogens with zero attached hydrogens (tertiary/aromatic N) is 2. The number of alkyl halides is 3. The summed E-state index contributed by atoms with van der Waals surface area (Å²) in [6.07, 6.45) is -4.39. The van der Waals surface area contributed by atoms with Crippen molar-refractivity contribution in [1.29, 1.82) is 0 Å². The molecule has 1 heterocycles. The second-order valence-corrected chi connectivity index (χ2v) is 5.05. The van der Waals surface area contributed by atoms with Crippen molar-refractivity contribution in [3.05, 3.63) is 59.4 Å². The van der Waals surface area contributed by atoms with Crippen molar-refractivity contribution >= 4 is 17.0 Å². The maximum Gasteiger partial charge on any atom is 0.416 e. The van der Waals surface area contributed by atoms with E-state index in [1.54, 1.807) is 17.6 Å². The van der Waals surface area contributed by atoms with E-state index in [4.69, 9.17) is 5.11 Å². The maximum absolute atomic E-state index is 12.6. The first-order valence-corrected chi connectivity index (χ1v) is 6.67. The zero-order valence-electron chi connectivity index (χ0n) is 11.9. The molecule has 1 N–H and O–H groups in total. The molecule has 0 aliphatic rings. The van der Waals surface area contributed by atoms with Gasteiger partial charge in [-0.2, -0.15) is 13.2 Å². The number of aryl methyl sites for hydroxylation is 1. The molecule has 0 atom stereocenters. The lowest BCUT2D eigenvalue weighted by atomic mass is 10.2. The average molecular weight is 320 g/mol. The zero-order valence-corrected chi connectivity index (χ0v) is 11.9. The van der Waals surface area contributed by atoms with Gasteiger partial charge in [-0.3, -0.25) is 4.57 Å². The van der Waals surface area contributed by atoms with Gasteiger partial charge in [-0.15, -0.1) is 0 Å². The Hall–Kier alpha value is -2.83. The van der Waals surface area contributed by atoms with Crippen molar-refractivity contribution in [2.45, 2.75) is 13.1 Å². The fourth-order valence-corrected chi connectivity index (χ4v) is 2.46. The Bertz CT molecular complexity index is 896. The standard InChI is InChI=1S/C16H11F3N2O2/c1-9-20-13-8-10(15(22)23)2-7-14(13)21(9)12-5-3-11(4-6-12)16(17,18)19/h2-8H,1H3,(H,22,23). The van der Waals surface area contributed by atoms with Crippen LogP contribution < -0.4 is 0 Å². The van der Waals surface area contributed by atoms with Crippen LogP contribution in [0.4, 0.5) is 13.2 Å². The van der Waals surface area contributed by atoms with Crippen LogP contribution in [-0.2, 0) is 6.18 Å². The van der Waals surface area contributed by atoms with Gasteiger partial charge in [0.2, 0.25) is 0 Å². The Morgan fingerprint density at radius 2 is 1.78 bits per heavy atom. The summed E-state index contributed by atoms with van der Waals surface area (Å²) in [4.78, 5) is 15.3. The Morgan fingerprint density at radius 3 is 2.35 bits per heavy atom. The van der Waals surface area contributed by atoms with Gasteiger partial charge in [0, 0.05) is 5.69 Å². The fourth-order valence-electron chi connectivity index (χ4n) is 2.46. The van der Waals surface area contributed by atoms with E-state index in [2.05, 4.69) is 4.98 Å². The molecule has 0 aliphatic heterocycles. The second kappa shape index (κ2) is 5.12. The molecule has 0 spiro atoms. The van der Waals surface area contributed by atoms with E-state index in [0.29, 0.717) is 22.5 Å². The smallest absolute Gasteiger partial charge is 0.416 e. The van der Waals surface area contributed by atoms with Crippen molar-refractivity contribution in [2.75, 3.05) is 0 Å². The third kappa shape index (κ3) is 2.65. The number of carbonyl (C=O) groups is 1. The van der Waals surface area contributed by atoms with Crippen LogP contribution >= 0.6 is 0 Å². The topological polar surface area (TPSA) is 55.1 Å². The van der Waals surface area contributed by atoms with Crippen LogP contribution in [0.25, 0.3) is 16.7 Å². The third-order valence-electron chi connectivity index (χ3n) is 3.52. The van der Waals surface area contributed by atoms with Crippen LogP contribution in [0.2, 0.25) is 0 Å². The molecule has 0 saturated heterocycles. The molecule has 4 nitrogen and oxygen atoms in total. The molecule has 7 heteroatoms. The highest BCUT2D eigenvalue weighted by atomic mass is 19.4. The fraction of sp³-hybridized carbons (Fsp3) is 0.125. The Labute approximate surface area is 128 Å². The highest BCUT2D eigenvalue weighted by molar-refractivity contribution is 5.92. The van der Waals surface area contributed by atoms with Crippen molar-refractivity contribution in [1.82, 2.24) is 9.55 Å². The summed E-state index contributed by atoms with van der Waals surface area (Å²) in [6, 6.07) is 9.20. The Kier molecular flexibility index (Phi) is 3.35. The molecule has 0 bridgehead atoms. The van der Waals surface area contributed by atoms with Crippen molar-refractivity contribution < 1.29 is 23.1 Å². The van der Waals surface area contributed by atoms with Crippen LogP contribution in [0.15, 0.2) is 42.5 Å². The third-order valence-corrected chi connectivity index (χ3v) is 3.52. The number of hydrogen-bond donors (Lipinski definition) is 1.